The summed E-state index contributed by atoms with van der Waals surface area (Å²) < 4.78 is 0. The summed E-state index contributed by atoms with van der Waals surface area (Å²) in [4.78, 5) is 29.0. The lowest BCUT2D eigenvalue weighted by atomic mass is 9.76. The smallest absolute Gasteiger partial charge is 0.251 e. The van der Waals surface area contributed by atoms with Crippen molar-refractivity contribution in [3.8, 4) is 0 Å². The average Bonchev–Trinajstić information content (AvgIpc) is 3.58. The van der Waals surface area contributed by atoms with E-state index in [1.165, 1.54) is 18.4 Å². The number of amides is 1. The molecule has 2 aliphatic carbocycles. The topological polar surface area (TPSA) is 59.1 Å². The van der Waals surface area contributed by atoms with Crippen molar-refractivity contribution in [1.29, 1.82) is 0 Å². The van der Waals surface area contributed by atoms with Crippen LogP contribution in [-0.2, 0) is 0 Å². The molecule has 0 aliphatic heterocycles. The van der Waals surface area contributed by atoms with Gasteiger partial charge in [-0.15, -0.1) is 0 Å². The Labute approximate surface area is 160 Å². The Bertz CT molecular complexity index is 832. The molecule has 4 rings (SSSR count). The van der Waals surface area contributed by atoms with Crippen LogP contribution in [0, 0.1) is 12.1 Å². The molecule has 0 bridgehead atoms. The SMILES string of the molecule is CNC(=O)c1ccc(C2CCC(C(=O)c3n[c]ccc3C3CC3)CC2)cc1. The Hall–Kier alpha value is -2.49. The van der Waals surface area contributed by atoms with E-state index in [1.807, 2.05) is 24.3 Å². The van der Waals surface area contributed by atoms with E-state index in [0.717, 1.165) is 31.2 Å². The van der Waals surface area contributed by atoms with Gasteiger partial charge in [0, 0.05) is 18.5 Å². The number of benzene rings is 1. The molecule has 1 N–H and O–H groups in total. The molecule has 1 aromatic carbocycles. The number of carbonyl (C=O) groups is 2. The van der Waals surface area contributed by atoms with Crippen molar-refractivity contribution >= 4 is 11.7 Å². The van der Waals surface area contributed by atoms with Crippen LogP contribution in [0.2, 0.25) is 0 Å². The first-order valence-corrected chi connectivity index (χ1v) is 9.90. The van der Waals surface area contributed by atoms with Gasteiger partial charge in [0.1, 0.15) is 5.69 Å². The largest absolute Gasteiger partial charge is 0.355 e. The fourth-order valence-corrected chi connectivity index (χ4v) is 4.23. The van der Waals surface area contributed by atoms with E-state index in [2.05, 4.69) is 28.6 Å². The zero-order valence-electron chi connectivity index (χ0n) is 15.7. The Morgan fingerprint density at radius 3 is 2.26 bits per heavy atom. The van der Waals surface area contributed by atoms with Crippen LogP contribution in [0.1, 0.15) is 82.3 Å². The minimum Gasteiger partial charge on any atom is -0.355 e. The molecular formula is C23H25N2O2. The molecule has 1 radical (unpaired) electrons. The maximum Gasteiger partial charge on any atom is 0.251 e. The van der Waals surface area contributed by atoms with Gasteiger partial charge >= 0.3 is 0 Å². The molecule has 2 fully saturated rings. The van der Waals surface area contributed by atoms with Gasteiger partial charge in [0.25, 0.3) is 5.91 Å². The van der Waals surface area contributed by atoms with Crippen LogP contribution in [-0.4, -0.2) is 23.7 Å². The highest BCUT2D eigenvalue weighted by Crippen LogP contribution is 2.43. The highest BCUT2D eigenvalue weighted by atomic mass is 16.1. The first-order chi connectivity index (χ1) is 13.2. The molecule has 2 aromatic rings. The van der Waals surface area contributed by atoms with Gasteiger partial charge in [-0.1, -0.05) is 18.2 Å². The van der Waals surface area contributed by atoms with Gasteiger partial charge in [-0.05, 0) is 79.7 Å². The van der Waals surface area contributed by atoms with Crippen LogP contribution >= 0.6 is 0 Å². The van der Waals surface area contributed by atoms with Gasteiger partial charge in [-0.2, -0.15) is 0 Å². The number of nitrogens with zero attached hydrogens (tertiary/aromatic N) is 1. The molecular weight excluding hydrogens is 336 g/mol. The third kappa shape index (κ3) is 3.80. The highest BCUT2D eigenvalue weighted by molar-refractivity contribution is 5.97. The molecule has 4 nitrogen and oxygen atoms in total. The van der Waals surface area contributed by atoms with E-state index in [9.17, 15) is 9.59 Å². The molecule has 2 aliphatic rings. The van der Waals surface area contributed by atoms with Crippen LogP contribution in [0.25, 0.3) is 0 Å². The van der Waals surface area contributed by atoms with Gasteiger partial charge in [0.05, 0.1) is 6.20 Å². The van der Waals surface area contributed by atoms with Gasteiger partial charge in [0.15, 0.2) is 5.78 Å². The molecule has 0 spiro atoms. The summed E-state index contributed by atoms with van der Waals surface area (Å²) >= 11 is 0. The van der Waals surface area contributed by atoms with E-state index in [-0.39, 0.29) is 17.6 Å². The van der Waals surface area contributed by atoms with Crippen molar-refractivity contribution in [1.82, 2.24) is 10.3 Å². The molecule has 2 saturated carbocycles. The summed E-state index contributed by atoms with van der Waals surface area (Å²) in [7, 11) is 1.64. The lowest BCUT2D eigenvalue weighted by molar-refractivity contribution is 0.0876. The Morgan fingerprint density at radius 1 is 0.963 bits per heavy atom. The van der Waals surface area contributed by atoms with Crippen LogP contribution < -0.4 is 5.32 Å². The third-order valence-electron chi connectivity index (χ3n) is 6.01. The Morgan fingerprint density at radius 2 is 1.63 bits per heavy atom. The number of ketones is 1. The van der Waals surface area contributed by atoms with E-state index in [0.29, 0.717) is 23.1 Å². The van der Waals surface area contributed by atoms with Crippen LogP contribution in [0.4, 0.5) is 0 Å². The summed E-state index contributed by atoms with van der Waals surface area (Å²) in [5.74, 6) is 1.22. The van der Waals surface area contributed by atoms with E-state index in [4.69, 9.17) is 0 Å². The number of nitrogens with one attached hydrogen (secondary N) is 1. The second-order valence-corrected chi connectivity index (χ2v) is 7.77. The molecule has 0 saturated heterocycles. The molecule has 1 amide bonds. The quantitative estimate of drug-likeness (QED) is 0.809. The van der Waals surface area contributed by atoms with E-state index in [1.54, 1.807) is 7.05 Å². The molecule has 0 atom stereocenters. The lowest BCUT2D eigenvalue weighted by Gasteiger charge is -2.28. The zero-order valence-corrected chi connectivity index (χ0v) is 15.7. The molecule has 0 unspecified atom stereocenters. The number of hydrogen-bond donors (Lipinski definition) is 1. The maximum absolute atomic E-state index is 13.0. The molecule has 1 aromatic heterocycles. The van der Waals surface area contributed by atoms with Crippen LogP contribution in [0.15, 0.2) is 36.4 Å². The average molecular weight is 361 g/mol. The van der Waals surface area contributed by atoms with Crippen molar-refractivity contribution in [3.63, 3.8) is 0 Å². The minimum atomic E-state index is -0.0607. The fourth-order valence-electron chi connectivity index (χ4n) is 4.23. The summed E-state index contributed by atoms with van der Waals surface area (Å²) in [6.45, 7) is 0. The Kier molecular flexibility index (Phi) is 5.06. The van der Waals surface area contributed by atoms with Gasteiger partial charge < -0.3 is 5.32 Å². The molecule has 27 heavy (non-hydrogen) atoms. The van der Waals surface area contributed by atoms with Crippen molar-refractivity contribution in [2.45, 2.75) is 50.4 Å². The third-order valence-corrected chi connectivity index (χ3v) is 6.01. The minimum absolute atomic E-state index is 0.0607. The number of Topliss-reactive ketones (excluding diaryl/α,β-unsaturated/α-hetero) is 1. The second kappa shape index (κ2) is 7.63. The first kappa shape index (κ1) is 17.9. The predicted octanol–water partition coefficient (Wildman–Crippen LogP) is 4.28. The first-order valence-electron chi connectivity index (χ1n) is 9.90. The molecule has 139 valence electrons. The van der Waals surface area contributed by atoms with Crippen molar-refractivity contribution < 1.29 is 9.59 Å². The monoisotopic (exact) mass is 361 g/mol. The normalized spacial score (nSPS) is 22.3. The predicted molar refractivity (Wildman–Crippen MR) is 104 cm³/mol. The maximum atomic E-state index is 13.0. The summed E-state index contributed by atoms with van der Waals surface area (Å²) in [6, 6.07) is 11.7. The standard InChI is InChI=1S/C23H25N2O2/c1-24-23(27)19-12-6-16(7-13-19)15-4-10-18(11-5-15)22(26)21-20(17-8-9-17)3-2-14-25-21/h2-3,6-7,12-13,15,17-18H,4-5,8-11H2,1H3,(H,24,27). The fraction of sp³-hybridized carbons (Fsp3) is 0.435. The van der Waals surface area contributed by atoms with Gasteiger partial charge in [-0.25, -0.2) is 4.98 Å². The van der Waals surface area contributed by atoms with Crippen molar-refractivity contribution in [2.24, 2.45) is 5.92 Å². The van der Waals surface area contributed by atoms with Crippen LogP contribution in [0.5, 0.6) is 0 Å². The summed E-state index contributed by atoms with van der Waals surface area (Å²) in [6.07, 6.45) is 9.02. The number of pyridine rings is 1. The Balaban J connectivity index is 1.40. The second-order valence-electron chi connectivity index (χ2n) is 7.77. The zero-order chi connectivity index (χ0) is 18.8. The highest BCUT2D eigenvalue weighted by Gasteiger charge is 2.33. The summed E-state index contributed by atoms with van der Waals surface area (Å²) in [5.41, 5.74) is 3.74. The van der Waals surface area contributed by atoms with Crippen molar-refractivity contribution in [3.05, 3.63) is 65.0 Å². The van der Waals surface area contributed by atoms with Gasteiger partial charge in [-0.3, -0.25) is 9.59 Å². The van der Waals surface area contributed by atoms with E-state index < -0.39 is 0 Å². The number of carbonyl (C=O) groups excluding carboxylic acids is 2. The van der Waals surface area contributed by atoms with E-state index >= 15 is 0 Å². The molecule has 1 heterocycles. The lowest BCUT2D eigenvalue weighted by Crippen LogP contribution is -2.23. The number of hydrogen-bond acceptors (Lipinski definition) is 3. The van der Waals surface area contributed by atoms with Gasteiger partial charge in [0.2, 0.25) is 0 Å². The molecule has 4 heteroatoms. The van der Waals surface area contributed by atoms with Crippen molar-refractivity contribution in [2.75, 3.05) is 7.05 Å². The number of rotatable bonds is 5. The summed E-state index contributed by atoms with van der Waals surface area (Å²) in [5, 5.41) is 2.65. The van der Waals surface area contributed by atoms with Crippen LogP contribution in [0.3, 0.4) is 0 Å². The number of aromatic nitrogens is 1.